The third-order valence-corrected chi connectivity index (χ3v) is 4.68. The Bertz CT molecular complexity index is 663. The van der Waals surface area contributed by atoms with Gasteiger partial charge < -0.3 is 9.64 Å². The second kappa shape index (κ2) is 5.90. The molecule has 2 heterocycles. The van der Waals surface area contributed by atoms with Crippen molar-refractivity contribution in [2.45, 2.75) is 20.3 Å². The Hall–Kier alpha value is -1.81. The van der Waals surface area contributed by atoms with Crippen LogP contribution in [0.3, 0.4) is 0 Å². The van der Waals surface area contributed by atoms with Crippen LogP contribution in [0.5, 0.6) is 5.75 Å². The van der Waals surface area contributed by atoms with Gasteiger partial charge in [-0.3, -0.25) is 4.79 Å². The second-order valence-electron chi connectivity index (χ2n) is 5.34. The zero-order valence-electron chi connectivity index (χ0n) is 12.4. The molecule has 0 atom stereocenters. The molecule has 1 aliphatic rings. The topological polar surface area (TPSA) is 29.5 Å². The lowest BCUT2D eigenvalue weighted by Crippen LogP contribution is -2.30. The molecule has 3 nitrogen and oxygen atoms in total. The predicted octanol–water partition coefficient (Wildman–Crippen LogP) is 3.84. The summed E-state index contributed by atoms with van der Waals surface area (Å²) in [5.74, 6) is 1.06. The first kappa shape index (κ1) is 14.1. The molecule has 1 aromatic heterocycles. The molecular formula is C17H19NO2S. The van der Waals surface area contributed by atoms with Crippen molar-refractivity contribution in [2.24, 2.45) is 0 Å². The molecule has 1 aromatic carbocycles. The molecule has 0 amide bonds. The number of ether oxygens (including phenoxy) is 1. The van der Waals surface area contributed by atoms with Gasteiger partial charge in [0.05, 0.1) is 18.8 Å². The average Bonchev–Trinajstić information content (AvgIpc) is 2.69. The lowest BCUT2D eigenvalue weighted by molar-refractivity contribution is 0.0999. The van der Waals surface area contributed by atoms with Crippen molar-refractivity contribution in [3.63, 3.8) is 0 Å². The number of Topliss-reactive ketones (excluding diaryl/α,β-unsaturated/α-hetero) is 1. The molecule has 0 N–H and O–H groups in total. The van der Waals surface area contributed by atoms with E-state index in [-0.39, 0.29) is 5.78 Å². The van der Waals surface area contributed by atoms with E-state index in [2.05, 4.69) is 4.90 Å². The van der Waals surface area contributed by atoms with E-state index < -0.39 is 0 Å². The fourth-order valence-corrected chi connectivity index (χ4v) is 3.67. The fraction of sp³-hybridized carbons (Fsp3) is 0.353. The number of anilines is 1. The first-order chi connectivity index (χ1) is 10.1. The summed E-state index contributed by atoms with van der Waals surface area (Å²) in [6, 6.07) is 9.96. The van der Waals surface area contributed by atoms with Gasteiger partial charge in [-0.1, -0.05) is 12.1 Å². The Labute approximate surface area is 129 Å². The van der Waals surface area contributed by atoms with Crippen LogP contribution in [-0.2, 0) is 0 Å². The van der Waals surface area contributed by atoms with Crippen LogP contribution in [0.2, 0.25) is 0 Å². The van der Waals surface area contributed by atoms with Gasteiger partial charge in [-0.2, -0.15) is 0 Å². The standard InChI is InChI=1S/C17H19NO2S/c1-12-10-14(13(2)21-12)16(19)11-18-8-5-9-20-17-7-4-3-6-15(17)18/h3-4,6-7,10H,5,8-9,11H2,1-2H3. The number of hydrogen-bond donors (Lipinski definition) is 0. The van der Waals surface area contributed by atoms with Crippen molar-refractivity contribution >= 4 is 22.8 Å². The molecule has 0 saturated carbocycles. The third kappa shape index (κ3) is 2.95. The van der Waals surface area contributed by atoms with Crippen LogP contribution in [0.25, 0.3) is 0 Å². The van der Waals surface area contributed by atoms with Gasteiger partial charge in [0.1, 0.15) is 5.75 Å². The molecule has 110 valence electrons. The number of ketones is 1. The number of rotatable bonds is 3. The minimum atomic E-state index is 0.188. The number of carbonyl (C=O) groups excluding carboxylic acids is 1. The minimum Gasteiger partial charge on any atom is -0.491 e. The number of thiophene rings is 1. The maximum Gasteiger partial charge on any atom is 0.183 e. The number of aryl methyl sites for hydroxylation is 2. The quantitative estimate of drug-likeness (QED) is 0.807. The summed E-state index contributed by atoms with van der Waals surface area (Å²) < 4.78 is 5.74. The molecule has 1 aliphatic heterocycles. The lowest BCUT2D eigenvalue weighted by Gasteiger charge is -2.22. The molecule has 0 fully saturated rings. The Kier molecular flexibility index (Phi) is 3.97. The van der Waals surface area contributed by atoms with Gasteiger partial charge in [0.15, 0.2) is 5.78 Å². The summed E-state index contributed by atoms with van der Waals surface area (Å²) >= 11 is 1.69. The summed E-state index contributed by atoms with van der Waals surface area (Å²) in [5, 5.41) is 0. The van der Waals surface area contributed by atoms with Crippen LogP contribution in [0.4, 0.5) is 5.69 Å². The summed E-state index contributed by atoms with van der Waals surface area (Å²) in [6.07, 6.45) is 0.934. The van der Waals surface area contributed by atoms with Gasteiger partial charge in [0, 0.05) is 21.9 Å². The highest BCUT2D eigenvalue weighted by molar-refractivity contribution is 7.12. The summed E-state index contributed by atoms with van der Waals surface area (Å²) in [6.45, 7) is 6.04. The molecule has 3 rings (SSSR count). The number of para-hydroxylation sites is 2. The molecule has 21 heavy (non-hydrogen) atoms. The summed E-state index contributed by atoms with van der Waals surface area (Å²) in [5.41, 5.74) is 1.88. The number of nitrogens with zero attached hydrogens (tertiary/aromatic N) is 1. The SMILES string of the molecule is Cc1cc(C(=O)CN2CCCOc3ccccc32)c(C)s1. The second-order valence-corrected chi connectivity index (χ2v) is 6.80. The lowest BCUT2D eigenvalue weighted by atomic mass is 10.1. The van der Waals surface area contributed by atoms with Gasteiger partial charge in [-0.25, -0.2) is 0 Å². The van der Waals surface area contributed by atoms with Crippen molar-refractivity contribution in [3.8, 4) is 5.75 Å². The number of fused-ring (bicyclic) bond motifs is 1. The first-order valence-corrected chi connectivity index (χ1v) is 8.04. The van der Waals surface area contributed by atoms with E-state index in [1.807, 2.05) is 44.2 Å². The van der Waals surface area contributed by atoms with Crippen LogP contribution in [0.15, 0.2) is 30.3 Å². The zero-order chi connectivity index (χ0) is 14.8. The van der Waals surface area contributed by atoms with Crippen LogP contribution >= 0.6 is 11.3 Å². The van der Waals surface area contributed by atoms with Crippen LogP contribution < -0.4 is 9.64 Å². The molecular weight excluding hydrogens is 282 g/mol. The monoisotopic (exact) mass is 301 g/mol. The van der Waals surface area contributed by atoms with Crippen LogP contribution in [-0.4, -0.2) is 25.5 Å². The Morgan fingerprint density at radius 2 is 2.14 bits per heavy atom. The van der Waals surface area contributed by atoms with Crippen molar-refractivity contribution in [2.75, 3.05) is 24.6 Å². The maximum absolute atomic E-state index is 12.6. The minimum absolute atomic E-state index is 0.188. The van der Waals surface area contributed by atoms with Gasteiger partial charge in [0.25, 0.3) is 0 Å². The molecule has 0 radical (unpaired) electrons. The van der Waals surface area contributed by atoms with E-state index in [1.54, 1.807) is 11.3 Å². The molecule has 0 unspecified atom stereocenters. The van der Waals surface area contributed by atoms with Crippen molar-refractivity contribution in [1.82, 2.24) is 0 Å². The van der Waals surface area contributed by atoms with Gasteiger partial charge >= 0.3 is 0 Å². The highest BCUT2D eigenvalue weighted by Gasteiger charge is 2.20. The molecule has 0 spiro atoms. The first-order valence-electron chi connectivity index (χ1n) is 7.22. The molecule has 0 saturated heterocycles. The fourth-order valence-electron chi connectivity index (χ4n) is 2.73. The van der Waals surface area contributed by atoms with E-state index in [0.29, 0.717) is 13.2 Å². The van der Waals surface area contributed by atoms with Gasteiger partial charge in [0.2, 0.25) is 0 Å². The molecule has 4 heteroatoms. The normalized spacial score (nSPS) is 14.3. The summed E-state index contributed by atoms with van der Waals surface area (Å²) in [7, 11) is 0. The van der Waals surface area contributed by atoms with Crippen molar-refractivity contribution in [1.29, 1.82) is 0 Å². The molecule has 0 aliphatic carbocycles. The molecule has 2 aromatic rings. The van der Waals surface area contributed by atoms with Gasteiger partial charge in [-0.05, 0) is 38.5 Å². The largest absolute Gasteiger partial charge is 0.491 e. The average molecular weight is 301 g/mol. The third-order valence-electron chi connectivity index (χ3n) is 3.71. The Morgan fingerprint density at radius 3 is 2.90 bits per heavy atom. The van der Waals surface area contributed by atoms with E-state index in [1.165, 1.54) is 4.88 Å². The maximum atomic E-state index is 12.6. The highest BCUT2D eigenvalue weighted by atomic mass is 32.1. The van der Waals surface area contributed by atoms with Crippen molar-refractivity contribution in [3.05, 3.63) is 45.6 Å². The van der Waals surface area contributed by atoms with E-state index in [4.69, 9.17) is 4.74 Å². The van der Waals surface area contributed by atoms with Gasteiger partial charge in [-0.15, -0.1) is 11.3 Å². The summed E-state index contributed by atoms with van der Waals surface area (Å²) in [4.78, 5) is 17.0. The Balaban J connectivity index is 1.84. The highest BCUT2D eigenvalue weighted by Crippen LogP contribution is 2.31. The molecule has 0 bridgehead atoms. The zero-order valence-corrected chi connectivity index (χ0v) is 13.2. The van der Waals surface area contributed by atoms with Crippen molar-refractivity contribution < 1.29 is 9.53 Å². The number of hydrogen-bond acceptors (Lipinski definition) is 4. The number of carbonyl (C=O) groups is 1. The van der Waals surface area contributed by atoms with Crippen LogP contribution in [0.1, 0.15) is 26.5 Å². The van der Waals surface area contributed by atoms with E-state index in [9.17, 15) is 4.79 Å². The smallest absolute Gasteiger partial charge is 0.183 e. The predicted molar refractivity (Wildman–Crippen MR) is 86.9 cm³/mol. The van der Waals surface area contributed by atoms with E-state index >= 15 is 0 Å². The van der Waals surface area contributed by atoms with Crippen LogP contribution in [0, 0.1) is 13.8 Å². The Morgan fingerprint density at radius 1 is 1.33 bits per heavy atom. The van der Waals surface area contributed by atoms with E-state index in [0.717, 1.165) is 34.8 Å². The number of benzene rings is 1.